The van der Waals surface area contributed by atoms with Gasteiger partial charge in [0.2, 0.25) is 0 Å². The molecule has 0 aliphatic rings. The molecule has 0 rings (SSSR count). The molecule has 0 amide bonds. The van der Waals surface area contributed by atoms with E-state index >= 15 is 0 Å². The van der Waals surface area contributed by atoms with Crippen LogP contribution < -0.4 is 0 Å². The average Bonchev–Trinajstić information content (AvgIpc) is 1.85. The second-order valence-corrected chi connectivity index (χ2v) is 3.95. The molecule has 0 saturated carbocycles. The smallest absolute Gasteiger partial charge is 0.141 e. The standard InChI is InChI=1S/C9H17NO/c1-8(7-10)11-6-5-9(2,3)4/h8H,5-6H2,1-4H3. The lowest BCUT2D eigenvalue weighted by molar-refractivity contribution is 0.0807. The maximum Gasteiger partial charge on any atom is 0.141 e. The highest BCUT2D eigenvalue weighted by Gasteiger charge is 2.10. The fourth-order valence-corrected chi connectivity index (χ4v) is 0.579. The number of rotatable bonds is 3. The van der Waals surface area contributed by atoms with Gasteiger partial charge in [0.25, 0.3) is 0 Å². The van der Waals surface area contributed by atoms with Crippen LogP contribution in [0.2, 0.25) is 0 Å². The van der Waals surface area contributed by atoms with Gasteiger partial charge in [-0.15, -0.1) is 0 Å². The zero-order valence-electron chi connectivity index (χ0n) is 7.85. The number of nitriles is 1. The normalized spacial score (nSPS) is 14.1. The summed E-state index contributed by atoms with van der Waals surface area (Å²) in [7, 11) is 0. The average molecular weight is 155 g/mol. The molecule has 1 atom stereocenters. The molecular formula is C9H17NO. The first-order valence-electron chi connectivity index (χ1n) is 3.97. The van der Waals surface area contributed by atoms with Crippen molar-refractivity contribution in [2.24, 2.45) is 5.41 Å². The van der Waals surface area contributed by atoms with Crippen LogP contribution in [0, 0.1) is 16.7 Å². The Morgan fingerprint density at radius 2 is 2.00 bits per heavy atom. The summed E-state index contributed by atoms with van der Waals surface area (Å²) >= 11 is 0. The quantitative estimate of drug-likeness (QED) is 0.626. The number of ether oxygens (including phenoxy) is 1. The Bertz CT molecular complexity index is 141. The third-order valence-corrected chi connectivity index (χ3v) is 1.40. The lowest BCUT2D eigenvalue weighted by atomic mass is 9.93. The van der Waals surface area contributed by atoms with Crippen molar-refractivity contribution in [3.8, 4) is 6.07 Å². The Balaban J connectivity index is 3.37. The van der Waals surface area contributed by atoms with Gasteiger partial charge in [0.05, 0.1) is 6.07 Å². The molecule has 1 unspecified atom stereocenters. The van der Waals surface area contributed by atoms with E-state index in [9.17, 15) is 0 Å². The first-order valence-corrected chi connectivity index (χ1v) is 3.97. The van der Waals surface area contributed by atoms with E-state index in [4.69, 9.17) is 10.00 Å². The van der Waals surface area contributed by atoms with Crippen LogP contribution in [0.3, 0.4) is 0 Å². The molecule has 11 heavy (non-hydrogen) atoms. The van der Waals surface area contributed by atoms with Crippen LogP contribution in [-0.4, -0.2) is 12.7 Å². The van der Waals surface area contributed by atoms with Crippen LogP contribution >= 0.6 is 0 Å². The van der Waals surface area contributed by atoms with Crippen molar-refractivity contribution in [1.29, 1.82) is 5.26 Å². The fourth-order valence-electron chi connectivity index (χ4n) is 0.579. The lowest BCUT2D eigenvalue weighted by Gasteiger charge is -2.17. The summed E-state index contributed by atoms with van der Waals surface area (Å²) in [6.45, 7) is 8.93. The minimum atomic E-state index is -0.266. The molecule has 0 N–H and O–H groups in total. The second kappa shape index (κ2) is 4.35. The lowest BCUT2D eigenvalue weighted by Crippen LogP contribution is -2.13. The highest BCUT2D eigenvalue weighted by molar-refractivity contribution is 4.79. The Hall–Kier alpha value is -0.550. The molecule has 0 bridgehead atoms. The topological polar surface area (TPSA) is 33.0 Å². The Kier molecular flexibility index (Phi) is 4.14. The highest BCUT2D eigenvalue weighted by atomic mass is 16.5. The molecule has 0 aliphatic carbocycles. The van der Waals surface area contributed by atoms with Gasteiger partial charge in [-0.25, -0.2) is 0 Å². The molecular weight excluding hydrogens is 138 g/mol. The molecule has 0 aliphatic heterocycles. The summed E-state index contributed by atoms with van der Waals surface area (Å²) in [5.41, 5.74) is 0.301. The first-order chi connectivity index (χ1) is 4.95. The molecule has 64 valence electrons. The van der Waals surface area contributed by atoms with Gasteiger partial charge in [-0.05, 0) is 18.8 Å². The van der Waals surface area contributed by atoms with Crippen LogP contribution in [0.1, 0.15) is 34.1 Å². The van der Waals surface area contributed by atoms with Crippen molar-refractivity contribution in [2.75, 3.05) is 6.61 Å². The predicted molar refractivity (Wildman–Crippen MR) is 45.1 cm³/mol. The summed E-state index contributed by atoms with van der Waals surface area (Å²) in [4.78, 5) is 0. The van der Waals surface area contributed by atoms with Gasteiger partial charge in [0.1, 0.15) is 6.10 Å². The predicted octanol–water partition coefficient (Wildman–Crippen LogP) is 2.35. The molecule has 2 nitrogen and oxygen atoms in total. The first kappa shape index (κ1) is 10.4. The van der Waals surface area contributed by atoms with Crippen LogP contribution in [0.4, 0.5) is 0 Å². The van der Waals surface area contributed by atoms with Gasteiger partial charge in [-0.1, -0.05) is 20.8 Å². The Labute approximate surface area is 69.2 Å². The summed E-state index contributed by atoms with van der Waals surface area (Å²) < 4.78 is 5.21. The van der Waals surface area contributed by atoms with Gasteiger partial charge < -0.3 is 4.74 Å². The summed E-state index contributed by atoms with van der Waals surface area (Å²) in [5.74, 6) is 0. The Morgan fingerprint density at radius 1 is 1.45 bits per heavy atom. The third kappa shape index (κ3) is 7.35. The third-order valence-electron chi connectivity index (χ3n) is 1.40. The van der Waals surface area contributed by atoms with E-state index in [-0.39, 0.29) is 6.10 Å². The second-order valence-electron chi connectivity index (χ2n) is 3.95. The van der Waals surface area contributed by atoms with Gasteiger partial charge in [-0.2, -0.15) is 5.26 Å². The fraction of sp³-hybridized carbons (Fsp3) is 0.889. The van der Waals surface area contributed by atoms with Crippen molar-refractivity contribution in [3.05, 3.63) is 0 Å². The molecule has 0 aromatic heterocycles. The van der Waals surface area contributed by atoms with E-state index in [2.05, 4.69) is 20.8 Å². The molecule has 0 aromatic rings. The molecule has 0 spiro atoms. The number of hydrogen-bond donors (Lipinski definition) is 0. The SMILES string of the molecule is CC(C#N)OCCC(C)(C)C. The van der Waals surface area contributed by atoms with Crippen LogP contribution in [0.5, 0.6) is 0 Å². The summed E-state index contributed by atoms with van der Waals surface area (Å²) in [6.07, 6.45) is 0.733. The molecule has 2 heteroatoms. The van der Waals surface area contributed by atoms with E-state index in [0.29, 0.717) is 12.0 Å². The van der Waals surface area contributed by atoms with Gasteiger partial charge >= 0.3 is 0 Å². The van der Waals surface area contributed by atoms with Crippen molar-refractivity contribution in [2.45, 2.75) is 40.2 Å². The number of nitrogens with zero attached hydrogens (tertiary/aromatic N) is 1. The van der Waals surface area contributed by atoms with Crippen LogP contribution in [-0.2, 0) is 4.74 Å². The zero-order chi connectivity index (χ0) is 8.91. The minimum Gasteiger partial charge on any atom is -0.364 e. The van der Waals surface area contributed by atoms with Gasteiger partial charge in [-0.3, -0.25) is 0 Å². The van der Waals surface area contributed by atoms with E-state index < -0.39 is 0 Å². The van der Waals surface area contributed by atoms with Gasteiger partial charge in [0, 0.05) is 6.61 Å². The van der Waals surface area contributed by atoms with Crippen LogP contribution in [0.25, 0.3) is 0 Å². The largest absolute Gasteiger partial charge is 0.364 e. The summed E-state index contributed by atoms with van der Waals surface area (Å²) in [6, 6.07) is 2.03. The molecule has 0 heterocycles. The van der Waals surface area contributed by atoms with Crippen molar-refractivity contribution < 1.29 is 4.74 Å². The van der Waals surface area contributed by atoms with Crippen molar-refractivity contribution in [1.82, 2.24) is 0 Å². The maximum atomic E-state index is 8.39. The minimum absolute atomic E-state index is 0.266. The van der Waals surface area contributed by atoms with E-state index in [1.807, 2.05) is 6.07 Å². The van der Waals surface area contributed by atoms with Crippen molar-refractivity contribution in [3.63, 3.8) is 0 Å². The zero-order valence-corrected chi connectivity index (χ0v) is 7.85. The molecule has 0 aromatic carbocycles. The Morgan fingerprint density at radius 3 is 2.36 bits per heavy atom. The van der Waals surface area contributed by atoms with E-state index in [1.54, 1.807) is 6.92 Å². The monoisotopic (exact) mass is 155 g/mol. The summed E-state index contributed by atoms with van der Waals surface area (Å²) in [5, 5.41) is 8.39. The van der Waals surface area contributed by atoms with E-state index in [1.165, 1.54) is 0 Å². The molecule has 0 radical (unpaired) electrons. The van der Waals surface area contributed by atoms with Gasteiger partial charge in [0.15, 0.2) is 0 Å². The van der Waals surface area contributed by atoms with Crippen molar-refractivity contribution >= 4 is 0 Å². The maximum absolute atomic E-state index is 8.39. The molecule has 0 fully saturated rings. The number of hydrogen-bond acceptors (Lipinski definition) is 2. The van der Waals surface area contributed by atoms with E-state index in [0.717, 1.165) is 6.42 Å². The highest BCUT2D eigenvalue weighted by Crippen LogP contribution is 2.18. The molecule has 0 saturated heterocycles. The van der Waals surface area contributed by atoms with Crippen LogP contribution in [0.15, 0.2) is 0 Å².